The number of hydrogen-bond acceptors (Lipinski definition) is 4. The number of amides is 1. The van der Waals surface area contributed by atoms with Gasteiger partial charge in [0, 0.05) is 24.4 Å². The van der Waals surface area contributed by atoms with E-state index >= 15 is 0 Å². The molecule has 0 aromatic carbocycles. The summed E-state index contributed by atoms with van der Waals surface area (Å²) in [6.07, 6.45) is 11.8. The van der Waals surface area contributed by atoms with Gasteiger partial charge in [0.25, 0.3) is 0 Å². The van der Waals surface area contributed by atoms with E-state index in [0.29, 0.717) is 31.1 Å². The summed E-state index contributed by atoms with van der Waals surface area (Å²) >= 11 is 0. The minimum absolute atomic E-state index is 0.287. The van der Waals surface area contributed by atoms with Crippen molar-refractivity contribution >= 4 is 18.1 Å². The minimum Gasteiger partial charge on any atom is -0.478 e. The van der Waals surface area contributed by atoms with Crippen LogP contribution in [0.15, 0.2) is 18.1 Å². The molecular formula is C20H31N3O4. The van der Waals surface area contributed by atoms with Gasteiger partial charge in [-0.3, -0.25) is 0 Å². The molecule has 0 bridgehead atoms. The summed E-state index contributed by atoms with van der Waals surface area (Å²) in [6, 6.07) is 0.472. The van der Waals surface area contributed by atoms with Gasteiger partial charge in [0.15, 0.2) is 0 Å². The van der Waals surface area contributed by atoms with Crippen LogP contribution in [0.25, 0.3) is 6.08 Å². The molecule has 7 nitrogen and oxygen atoms in total. The first-order valence-corrected chi connectivity index (χ1v) is 9.69. The third-order valence-corrected chi connectivity index (χ3v) is 4.51. The fourth-order valence-electron chi connectivity index (χ4n) is 3.21. The van der Waals surface area contributed by atoms with E-state index in [-0.39, 0.29) is 5.57 Å². The maximum absolute atomic E-state index is 11.6. The molecule has 0 unspecified atom stereocenters. The van der Waals surface area contributed by atoms with Gasteiger partial charge in [-0.1, -0.05) is 19.3 Å². The topological polar surface area (TPSA) is 93.5 Å². The third-order valence-electron chi connectivity index (χ3n) is 4.51. The number of alkyl carbamates (subject to hydrolysis) is 1. The molecule has 1 fully saturated rings. The summed E-state index contributed by atoms with van der Waals surface area (Å²) in [4.78, 5) is 27.5. The molecule has 0 atom stereocenters. The molecule has 2 rings (SSSR count). The van der Waals surface area contributed by atoms with Gasteiger partial charge in [-0.15, -0.1) is 0 Å². The standard InChI is InChI=1S/C20H31N3O4/c1-20(2,3)27-19(26)21-11-7-8-15(18(24)25)12-16-13-23(14-22-16)17-9-5-4-6-10-17/h12-14,17H,4-11H2,1-3H3,(H,21,26)(H,24,25)/b15-12+. The number of ether oxygens (including phenoxy) is 1. The first kappa shape index (κ1) is 21.0. The van der Waals surface area contributed by atoms with Crippen LogP contribution in [0.3, 0.4) is 0 Å². The minimum atomic E-state index is -0.959. The van der Waals surface area contributed by atoms with Crippen molar-refractivity contribution in [1.29, 1.82) is 0 Å². The van der Waals surface area contributed by atoms with E-state index in [4.69, 9.17) is 4.74 Å². The second-order valence-electron chi connectivity index (χ2n) is 8.04. The number of nitrogens with one attached hydrogen (secondary N) is 1. The Hall–Kier alpha value is -2.31. The van der Waals surface area contributed by atoms with Gasteiger partial charge < -0.3 is 19.7 Å². The summed E-state index contributed by atoms with van der Waals surface area (Å²) in [5.74, 6) is -0.959. The molecule has 1 aromatic rings. The summed E-state index contributed by atoms with van der Waals surface area (Å²) in [7, 11) is 0. The predicted molar refractivity (Wildman–Crippen MR) is 103 cm³/mol. The molecule has 1 amide bonds. The number of carboxylic acids is 1. The Balaban J connectivity index is 1.86. The molecule has 150 valence electrons. The normalized spacial score (nSPS) is 16.2. The van der Waals surface area contributed by atoms with Gasteiger partial charge in [-0.2, -0.15) is 0 Å². The molecule has 1 aromatic heterocycles. The highest BCUT2D eigenvalue weighted by atomic mass is 16.6. The fourth-order valence-corrected chi connectivity index (χ4v) is 3.21. The van der Waals surface area contributed by atoms with Crippen LogP contribution in [-0.2, 0) is 9.53 Å². The lowest BCUT2D eigenvalue weighted by Gasteiger charge is -2.22. The zero-order chi connectivity index (χ0) is 19.9. The number of carbonyl (C=O) groups is 2. The summed E-state index contributed by atoms with van der Waals surface area (Å²) in [5.41, 5.74) is 0.404. The Bertz CT molecular complexity index is 667. The molecule has 1 saturated carbocycles. The molecule has 0 saturated heterocycles. The quantitative estimate of drug-likeness (QED) is 0.550. The molecule has 1 heterocycles. The van der Waals surface area contributed by atoms with Crippen LogP contribution in [0.5, 0.6) is 0 Å². The largest absolute Gasteiger partial charge is 0.478 e. The van der Waals surface area contributed by atoms with Crippen molar-refractivity contribution < 1.29 is 19.4 Å². The van der Waals surface area contributed by atoms with Crippen LogP contribution in [0.1, 0.15) is 77.5 Å². The van der Waals surface area contributed by atoms with Crippen LogP contribution in [0.2, 0.25) is 0 Å². The Kier molecular flexibility index (Phi) is 7.45. The van der Waals surface area contributed by atoms with Crippen LogP contribution >= 0.6 is 0 Å². The molecule has 2 N–H and O–H groups in total. The SMILES string of the molecule is CC(C)(C)OC(=O)NCCC/C(=C\c1cn(C2CCCCC2)cn1)C(=O)O. The third kappa shape index (κ3) is 7.45. The maximum Gasteiger partial charge on any atom is 0.407 e. The number of imidazole rings is 1. The van der Waals surface area contributed by atoms with E-state index in [2.05, 4.69) is 14.9 Å². The number of rotatable bonds is 7. The highest BCUT2D eigenvalue weighted by molar-refractivity contribution is 5.91. The van der Waals surface area contributed by atoms with E-state index in [1.54, 1.807) is 33.2 Å². The van der Waals surface area contributed by atoms with Gasteiger partial charge >= 0.3 is 12.1 Å². The van der Waals surface area contributed by atoms with Crippen molar-refractivity contribution in [1.82, 2.24) is 14.9 Å². The Labute approximate surface area is 160 Å². The van der Waals surface area contributed by atoms with Gasteiger partial charge in [0.05, 0.1) is 12.0 Å². The summed E-state index contributed by atoms with van der Waals surface area (Å²) < 4.78 is 7.26. The first-order chi connectivity index (χ1) is 12.7. The lowest BCUT2D eigenvalue weighted by atomic mass is 9.95. The van der Waals surface area contributed by atoms with Gasteiger partial charge in [0.1, 0.15) is 5.60 Å². The van der Waals surface area contributed by atoms with E-state index in [0.717, 1.165) is 12.8 Å². The van der Waals surface area contributed by atoms with E-state index in [1.807, 2.05) is 6.20 Å². The van der Waals surface area contributed by atoms with Crippen molar-refractivity contribution in [3.63, 3.8) is 0 Å². The lowest BCUT2D eigenvalue weighted by Crippen LogP contribution is -2.33. The van der Waals surface area contributed by atoms with Gasteiger partial charge in [-0.25, -0.2) is 14.6 Å². The van der Waals surface area contributed by atoms with Crippen molar-refractivity contribution in [2.24, 2.45) is 0 Å². The molecular weight excluding hydrogens is 346 g/mol. The molecule has 0 aliphatic heterocycles. The number of carbonyl (C=O) groups excluding carboxylic acids is 1. The van der Waals surface area contributed by atoms with Crippen LogP contribution in [-0.4, -0.2) is 38.9 Å². The average molecular weight is 377 g/mol. The molecule has 7 heteroatoms. The second kappa shape index (κ2) is 9.58. The molecule has 0 spiro atoms. The second-order valence-corrected chi connectivity index (χ2v) is 8.04. The highest BCUT2D eigenvalue weighted by Crippen LogP contribution is 2.28. The molecule has 1 aliphatic carbocycles. The Morgan fingerprint density at radius 3 is 2.67 bits per heavy atom. The van der Waals surface area contributed by atoms with Crippen LogP contribution in [0.4, 0.5) is 4.79 Å². The van der Waals surface area contributed by atoms with Gasteiger partial charge in [-0.05, 0) is 52.5 Å². The van der Waals surface area contributed by atoms with E-state index < -0.39 is 17.7 Å². The number of carboxylic acid groups (broad SMARTS) is 1. The van der Waals surface area contributed by atoms with Crippen molar-refractivity contribution in [2.45, 2.75) is 77.4 Å². The van der Waals surface area contributed by atoms with Crippen molar-refractivity contribution in [3.8, 4) is 0 Å². The number of aromatic nitrogens is 2. The van der Waals surface area contributed by atoms with Crippen molar-refractivity contribution in [2.75, 3.05) is 6.54 Å². The zero-order valence-corrected chi connectivity index (χ0v) is 16.5. The smallest absolute Gasteiger partial charge is 0.407 e. The Morgan fingerprint density at radius 2 is 2.04 bits per heavy atom. The van der Waals surface area contributed by atoms with E-state index in [9.17, 15) is 14.7 Å². The van der Waals surface area contributed by atoms with Crippen molar-refractivity contribution in [3.05, 3.63) is 23.8 Å². The van der Waals surface area contributed by atoms with E-state index in [1.165, 1.54) is 19.3 Å². The monoisotopic (exact) mass is 377 g/mol. The fraction of sp³-hybridized carbons (Fsp3) is 0.650. The first-order valence-electron chi connectivity index (χ1n) is 9.69. The molecule has 27 heavy (non-hydrogen) atoms. The van der Waals surface area contributed by atoms with Crippen LogP contribution in [0, 0.1) is 0 Å². The number of nitrogens with zero attached hydrogens (tertiary/aromatic N) is 2. The predicted octanol–water partition coefficient (Wildman–Crippen LogP) is 4.16. The zero-order valence-electron chi connectivity index (χ0n) is 16.5. The maximum atomic E-state index is 11.6. The Morgan fingerprint density at radius 1 is 1.33 bits per heavy atom. The number of aliphatic carboxylic acids is 1. The van der Waals surface area contributed by atoms with Crippen LogP contribution < -0.4 is 5.32 Å². The molecule has 0 radical (unpaired) electrons. The lowest BCUT2D eigenvalue weighted by molar-refractivity contribution is -0.132. The van der Waals surface area contributed by atoms with Gasteiger partial charge in [0.2, 0.25) is 0 Å². The highest BCUT2D eigenvalue weighted by Gasteiger charge is 2.17. The summed E-state index contributed by atoms with van der Waals surface area (Å²) in [5, 5.41) is 12.1. The summed E-state index contributed by atoms with van der Waals surface area (Å²) in [6.45, 7) is 5.74. The number of hydrogen-bond donors (Lipinski definition) is 2. The average Bonchev–Trinajstić information content (AvgIpc) is 3.05. The molecule has 1 aliphatic rings.